The molecule has 0 aliphatic carbocycles. The SMILES string of the molecule is CN(C(=O)Nc1ccc2ccccc2c1)c1cccc(-c2ccc(CCN(C(=O)O)c3ccccc3C(=O)O)cc2)c1. The quantitative estimate of drug-likeness (QED) is 0.181. The number of carboxylic acid groups (broad SMARTS) is 2. The molecule has 0 saturated carbocycles. The van der Waals surface area contributed by atoms with Crippen LogP contribution >= 0.6 is 0 Å². The van der Waals surface area contributed by atoms with Crippen molar-refractivity contribution in [2.24, 2.45) is 0 Å². The second kappa shape index (κ2) is 12.3. The van der Waals surface area contributed by atoms with Crippen molar-refractivity contribution in [2.45, 2.75) is 6.42 Å². The Kier molecular flexibility index (Phi) is 8.15. The number of benzene rings is 5. The highest BCUT2D eigenvalue weighted by molar-refractivity contribution is 6.03. The molecular weight excluding hydrogens is 530 g/mol. The summed E-state index contributed by atoms with van der Waals surface area (Å²) < 4.78 is 0. The number of carbonyl (C=O) groups is 3. The first-order valence-electron chi connectivity index (χ1n) is 13.4. The molecule has 210 valence electrons. The minimum absolute atomic E-state index is 0.0638. The van der Waals surface area contributed by atoms with Gasteiger partial charge >= 0.3 is 18.1 Å². The molecule has 0 radical (unpaired) electrons. The van der Waals surface area contributed by atoms with Gasteiger partial charge in [-0.3, -0.25) is 9.80 Å². The lowest BCUT2D eigenvalue weighted by atomic mass is 10.0. The monoisotopic (exact) mass is 559 g/mol. The molecule has 0 heterocycles. The third kappa shape index (κ3) is 6.23. The van der Waals surface area contributed by atoms with E-state index in [1.807, 2.05) is 91.0 Å². The number of carboxylic acids is 1. The van der Waals surface area contributed by atoms with Crippen LogP contribution in [0.1, 0.15) is 15.9 Å². The summed E-state index contributed by atoms with van der Waals surface area (Å²) in [4.78, 5) is 39.1. The lowest BCUT2D eigenvalue weighted by molar-refractivity contribution is 0.0697. The summed E-state index contributed by atoms with van der Waals surface area (Å²) in [5, 5.41) is 24.3. The Labute approximate surface area is 243 Å². The van der Waals surface area contributed by atoms with Gasteiger partial charge in [-0.1, -0.05) is 78.9 Å². The fourth-order valence-corrected chi connectivity index (χ4v) is 4.80. The molecule has 0 saturated heterocycles. The summed E-state index contributed by atoms with van der Waals surface area (Å²) in [6, 6.07) is 35.0. The Morgan fingerprint density at radius 2 is 1.43 bits per heavy atom. The predicted molar refractivity (Wildman–Crippen MR) is 166 cm³/mol. The fourth-order valence-electron chi connectivity index (χ4n) is 4.80. The van der Waals surface area contributed by atoms with Gasteiger partial charge in [0.15, 0.2) is 0 Å². The van der Waals surface area contributed by atoms with E-state index in [0.29, 0.717) is 12.1 Å². The van der Waals surface area contributed by atoms with E-state index in [9.17, 15) is 24.6 Å². The lowest BCUT2D eigenvalue weighted by Gasteiger charge is -2.21. The van der Waals surface area contributed by atoms with Crippen molar-refractivity contribution < 1.29 is 24.6 Å². The third-order valence-electron chi connectivity index (χ3n) is 7.11. The van der Waals surface area contributed by atoms with Crippen molar-refractivity contribution in [1.82, 2.24) is 0 Å². The number of fused-ring (bicyclic) bond motifs is 1. The van der Waals surface area contributed by atoms with Crippen molar-refractivity contribution in [2.75, 3.05) is 28.7 Å². The Balaban J connectivity index is 1.26. The molecule has 3 N–H and O–H groups in total. The maximum atomic E-state index is 13.0. The number of hydrogen-bond donors (Lipinski definition) is 3. The molecule has 0 aliphatic rings. The van der Waals surface area contributed by atoms with Crippen molar-refractivity contribution in [1.29, 1.82) is 0 Å². The summed E-state index contributed by atoms with van der Waals surface area (Å²) >= 11 is 0. The van der Waals surface area contributed by atoms with Crippen LogP contribution in [-0.2, 0) is 6.42 Å². The number of hydrogen-bond acceptors (Lipinski definition) is 3. The van der Waals surface area contributed by atoms with Crippen LogP contribution in [0.5, 0.6) is 0 Å². The summed E-state index contributed by atoms with van der Waals surface area (Å²) in [5.41, 5.74) is 4.28. The molecule has 8 nitrogen and oxygen atoms in total. The molecule has 0 unspecified atom stereocenters. The summed E-state index contributed by atoms with van der Waals surface area (Å²) in [6.45, 7) is 0.103. The number of nitrogens with one attached hydrogen (secondary N) is 1. The zero-order valence-electron chi connectivity index (χ0n) is 22.9. The minimum Gasteiger partial charge on any atom is -0.478 e. The summed E-state index contributed by atoms with van der Waals surface area (Å²) in [7, 11) is 1.72. The summed E-state index contributed by atoms with van der Waals surface area (Å²) in [5.74, 6) is -1.18. The number of aromatic carboxylic acids is 1. The Hall–Kier alpha value is -5.63. The molecule has 5 aromatic carbocycles. The van der Waals surface area contributed by atoms with Crippen LogP contribution in [0.2, 0.25) is 0 Å². The van der Waals surface area contributed by atoms with Crippen LogP contribution in [0, 0.1) is 0 Å². The predicted octanol–water partition coefficient (Wildman–Crippen LogP) is 7.60. The highest BCUT2D eigenvalue weighted by Gasteiger charge is 2.20. The van der Waals surface area contributed by atoms with Crippen molar-refractivity contribution >= 4 is 45.9 Å². The van der Waals surface area contributed by atoms with Crippen LogP contribution in [-0.4, -0.2) is 41.9 Å². The minimum atomic E-state index is -1.22. The van der Waals surface area contributed by atoms with E-state index < -0.39 is 12.1 Å². The average Bonchev–Trinajstić information content (AvgIpc) is 3.01. The Bertz CT molecular complexity index is 1770. The summed E-state index contributed by atoms with van der Waals surface area (Å²) in [6.07, 6.45) is -0.816. The van der Waals surface area contributed by atoms with Gasteiger partial charge in [0.05, 0.1) is 11.3 Å². The van der Waals surface area contributed by atoms with Gasteiger partial charge in [-0.2, -0.15) is 0 Å². The Morgan fingerprint density at radius 3 is 2.17 bits per heavy atom. The zero-order chi connectivity index (χ0) is 29.6. The smallest absolute Gasteiger partial charge is 0.411 e. The highest BCUT2D eigenvalue weighted by atomic mass is 16.4. The number of anilines is 3. The number of amides is 3. The van der Waals surface area contributed by atoms with Gasteiger partial charge in [0, 0.05) is 25.0 Å². The van der Waals surface area contributed by atoms with Crippen LogP contribution in [0.15, 0.2) is 115 Å². The highest BCUT2D eigenvalue weighted by Crippen LogP contribution is 2.27. The molecule has 8 heteroatoms. The number of rotatable bonds is 8. The Morgan fingerprint density at radius 1 is 0.714 bits per heavy atom. The standard InChI is InChI=1S/C34H29N3O5/c1-36(33(40)35-28-18-17-24-7-2-3-8-26(24)21-28)29-10-6-9-27(22-29)25-15-13-23(14-16-25)19-20-37(34(41)42)31-12-5-4-11-30(31)32(38)39/h2-18,21-22H,19-20H2,1H3,(H,35,40)(H,38,39)(H,41,42). The van der Waals surface area contributed by atoms with E-state index in [0.717, 1.165) is 38.1 Å². The molecule has 0 atom stereocenters. The van der Waals surface area contributed by atoms with E-state index in [1.54, 1.807) is 24.1 Å². The van der Waals surface area contributed by atoms with Crippen molar-refractivity contribution in [3.8, 4) is 11.1 Å². The average molecular weight is 560 g/mol. The molecule has 5 aromatic rings. The normalized spacial score (nSPS) is 10.7. The van der Waals surface area contributed by atoms with Gasteiger partial charge in [0.25, 0.3) is 0 Å². The van der Waals surface area contributed by atoms with Gasteiger partial charge in [-0.25, -0.2) is 14.4 Å². The van der Waals surface area contributed by atoms with Gasteiger partial charge in [0.2, 0.25) is 0 Å². The largest absolute Gasteiger partial charge is 0.478 e. The first kappa shape index (κ1) is 27.9. The maximum absolute atomic E-state index is 13.0. The molecule has 0 aromatic heterocycles. The van der Waals surface area contributed by atoms with Crippen LogP contribution in [0.3, 0.4) is 0 Å². The molecule has 0 aliphatic heterocycles. The second-order valence-corrected chi connectivity index (χ2v) is 9.80. The number of nitrogens with zero attached hydrogens (tertiary/aromatic N) is 2. The maximum Gasteiger partial charge on any atom is 0.411 e. The van der Waals surface area contributed by atoms with Crippen LogP contribution in [0.4, 0.5) is 26.7 Å². The van der Waals surface area contributed by atoms with Gasteiger partial charge in [0.1, 0.15) is 0 Å². The molecule has 42 heavy (non-hydrogen) atoms. The van der Waals surface area contributed by atoms with E-state index in [-0.39, 0.29) is 23.8 Å². The van der Waals surface area contributed by atoms with Crippen LogP contribution in [0.25, 0.3) is 21.9 Å². The number of urea groups is 1. The molecule has 0 spiro atoms. The van der Waals surface area contributed by atoms with E-state index >= 15 is 0 Å². The molecule has 0 fully saturated rings. The first-order valence-corrected chi connectivity index (χ1v) is 13.4. The first-order chi connectivity index (χ1) is 20.3. The topological polar surface area (TPSA) is 110 Å². The number of carbonyl (C=O) groups excluding carboxylic acids is 1. The molecule has 0 bridgehead atoms. The van der Waals surface area contributed by atoms with E-state index in [1.165, 1.54) is 12.1 Å². The number of para-hydroxylation sites is 1. The van der Waals surface area contributed by atoms with Crippen molar-refractivity contribution in [3.63, 3.8) is 0 Å². The lowest BCUT2D eigenvalue weighted by Crippen LogP contribution is -2.32. The zero-order valence-corrected chi connectivity index (χ0v) is 22.9. The molecule has 5 rings (SSSR count). The molecule has 3 amide bonds. The second-order valence-electron chi connectivity index (χ2n) is 9.80. The molecular formula is C34H29N3O5. The third-order valence-corrected chi connectivity index (χ3v) is 7.11. The van der Waals surface area contributed by atoms with Gasteiger partial charge in [-0.15, -0.1) is 0 Å². The van der Waals surface area contributed by atoms with Crippen molar-refractivity contribution in [3.05, 3.63) is 126 Å². The van der Waals surface area contributed by atoms with Crippen LogP contribution < -0.4 is 15.1 Å². The van der Waals surface area contributed by atoms with E-state index in [4.69, 9.17) is 0 Å². The van der Waals surface area contributed by atoms with Gasteiger partial charge in [-0.05, 0) is 70.3 Å². The van der Waals surface area contributed by atoms with Gasteiger partial charge < -0.3 is 15.5 Å². The van der Waals surface area contributed by atoms with E-state index in [2.05, 4.69) is 5.32 Å². The fraction of sp³-hybridized carbons (Fsp3) is 0.0882.